The largest absolute Gasteiger partial charge is 0.481 e. The molecule has 0 aliphatic carbocycles. The van der Waals surface area contributed by atoms with Crippen molar-refractivity contribution >= 4 is 23.7 Å². The second-order valence-electron chi connectivity index (χ2n) is 5.29. The molecule has 124 valence electrons. The van der Waals surface area contributed by atoms with Crippen LogP contribution >= 0.6 is 11.8 Å². The molecule has 0 bridgehead atoms. The number of hydrogen-bond acceptors (Lipinski definition) is 4. The normalized spacial score (nSPS) is 10.5. The summed E-state index contributed by atoms with van der Waals surface area (Å²) in [7, 11) is 0. The molecule has 0 unspecified atom stereocenters. The Hall–Kier alpha value is -0.710. The molecule has 0 aromatic carbocycles. The van der Waals surface area contributed by atoms with Crippen LogP contribution in [0.5, 0.6) is 0 Å². The van der Waals surface area contributed by atoms with E-state index in [4.69, 9.17) is 9.84 Å². The van der Waals surface area contributed by atoms with Crippen molar-refractivity contribution in [2.75, 3.05) is 18.1 Å². The zero-order chi connectivity index (χ0) is 15.8. The van der Waals surface area contributed by atoms with E-state index >= 15 is 0 Å². The van der Waals surface area contributed by atoms with E-state index in [1.165, 1.54) is 51.4 Å². The highest BCUT2D eigenvalue weighted by molar-refractivity contribution is 8.00. The Kier molecular flexibility index (Phi) is 15.1. The molecular formula is C16H30O4S. The van der Waals surface area contributed by atoms with Crippen LogP contribution in [0.15, 0.2) is 0 Å². The van der Waals surface area contributed by atoms with Crippen molar-refractivity contribution in [3.8, 4) is 0 Å². The van der Waals surface area contributed by atoms with Gasteiger partial charge in [0.1, 0.15) is 0 Å². The summed E-state index contributed by atoms with van der Waals surface area (Å²) in [5.74, 6) is -1.13. The highest BCUT2D eigenvalue weighted by Gasteiger charge is 2.04. The third kappa shape index (κ3) is 17.2. The summed E-state index contributed by atoms with van der Waals surface area (Å²) in [6.07, 6.45) is 12.5. The van der Waals surface area contributed by atoms with Gasteiger partial charge in [-0.1, -0.05) is 64.7 Å². The maximum Gasteiger partial charge on any atom is 0.315 e. The number of carboxylic acid groups (broad SMARTS) is 1. The molecule has 0 atom stereocenters. The number of esters is 1. The molecule has 0 saturated heterocycles. The van der Waals surface area contributed by atoms with Gasteiger partial charge in [0.15, 0.2) is 0 Å². The van der Waals surface area contributed by atoms with Gasteiger partial charge in [-0.25, -0.2) is 0 Å². The van der Waals surface area contributed by atoms with Gasteiger partial charge in [-0.2, -0.15) is 0 Å². The SMILES string of the molecule is CCCCCCCCCCCCOC(=O)CSCC(=O)O. The van der Waals surface area contributed by atoms with Crippen LogP contribution in [0.2, 0.25) is 0 Å². The lowest BCUT2D eigenvalue weighted by atomic mass is 10.1. The molecule has 0 saturated carbocycles. The molecule has 5 heteroatoms. The Morgan fingerprint density at radius 1 is 0.857 bits per heavy atom. The van der Waals surface area contributed by atoms with Gasteiger partial charge in [0.05, 0.1) is 18.1 Å². The van der Waals surface area contributed by atoms with Crippen LogP contribution in [0.4, 0.5) is 0 Å². The average Bonchev–Trinajstić information content (AvgIpc) is 2.44. The van der Waals surface area contributed by atoms with E-state index in [1.807, 2.05) is 0 Å². The lowest BCUT2D eigenvalue weighted by molar-refractivity contribution is -0.140. The maximum absolute atomic E-state index is 11.2. The Morgan fingerprint density at radius 3 is 1.90 bits per heavy atom. The fourth-order valence-electron chi connectivity index (χ4n) is 2.04. The second-order valence-corrected chi connectivity index (χ2v) is 6.27. The molecule has 0 aliphatic rings. The summed E-state index contributed by atoms with van der Waals surface area (Å²) in [4.78, 5) is 21.5. The number of thioether (sulfide) groups is 1. The third-order valence-corrected chi connectivity index (χ3v) is 4.10. The molecule has 21 heavy (non-hydrogen) atoms. The molecular weight excluding hydrogens is 288 g/mol. The Labute approximate surface area is 133 Å². The number of unbranched alkanes of at least 4 members (excludes halogenated alkanes) is 9. The van der Waals surface area contributed by atoms with Crippen molar-refractivity contribution in [1.29, 1.82) is 0 Å². The van der Waals surface area contributed by atoms with Crippen LogP contribution in [0.25, 0.3) is 0 Å². The third-order valence-electron chi connectivity index (χ3n) is 3.21. The Morgan fingerprint density at radius 2 is 1.38 bits per heavy atom. The van der Waals surface area contributed by atoms with Gasteiger partial charge in [0.2, 0.25) is 0 Å². The zero-order valence-electron chi connectivity index (χ0n) is 13.3. The quantitative estimate of drug-likeness (QED) is 0.361. The number of carboxylic acids is 1. The minimum Gasteiger partial charge on any atom is -0.481 e. The van der Waals surface area contributed by atoms with Crippen LogP contribution in [0, 0.1) is 0 Å². The fourth-order valence-corrected chi connectivity index (χ4v) is 2.57. The highest BCUT2D eigenvalue weighted by Crippen LogP contribution is 2.10. The number of aliphatic carboxylic acids is 1. The van der Waals surface area contributed by atoms with Crippen LogP contribution in [-0.2, 0) is 14.3 Å². The molecule has 1 N–H and O–H groups in total. The van der Waals surface area contributed by atoms with Crippen LogP contribution < -0.4 is 0 Å². The summed E-state index contributed by atoms with van der Waals surface area (Å²) in [6.45, 7) is 2.70. The molecule has 0 rings (SSSR count). The van der Waals surface area contributed by atoms with Crippen LogP contribution in [0.3, 0.4) is 0 Å². The Balaban J connectivity index is 3.14. The molecule has 0 radical (unpaired) electrons. The summed E-state index contributed by atoms with van der Waals surface area (Å²) in [5.41, 5.74) is 0. The molecule has 4 nitrogen and oxygen atoms in total. The van der Waals surface area contributed by atoms with Crippen LogP contribution in [0.1, 0.15) is 71.1 Å². The molecule has 0 fully saturated rings. The van der Waals surface area contributed by atoms with E-state index in [-0.39, 0.29) is 17.5 Å². The predicted molar refractivity (Wildman–Crippen MR) is 87.8 cm³/mol. The summed E-state index contributed by atoms with van der Waals surface area (Å²) in [6, 6.07) is 0. The van der Waals surface area contributed by atoms with E-state index < -0.39 is 5.97 Å². The molecule has 0 amide bonds. The first-order valence-corrected chi connectivity index (χ1v) is 9.27. The highest BCUT2D eigenvalue weighted by atomic mass is 32.2. The first kappa shape index (κ1) is 20.3. The number of carbonyl (C=O) groups is 2. The van der Waals surface area contributed by atoms with Crippen molar-refractivity contribution < 1.29 is 19.4 Å². The van der Waals surface area contributed by atoms with Gasteiger partial charge in [-0.3, -0.25) is 9.59 Å². The van der Waals surface area contributed by atoms with Crippen molar-refractivity contribution in [2.45, 2.75) is 71.1 Å². The van der Waals surface area contributed by atoms with Gasteiger partial charge >= 0.3 is 11.9 Å². The minimum atomic E-state index is -0.900. The standard InChI is InChI=1S/C16H30O4S/c1-2-3-4-5-6-7-8-9-10-11-12-20-16(19)14-21-13-15(17)18/h2-14H2,1H3,(H,17,18). The summed E-state index contributed by atoms with van der Waals surface area (Å²) >= 11 is 1.08. The monoisotopic (exact) mass is 318 g/mol. The molecule has 0 aliphatic heterocycles. The first-order valence-electron chi connectivity index (χ1n) is 8.12. The number of carbonyl (C=O) groups excluding carboxylic acids is 1. The fraction of sp³-hybridized carbons (Fsp3) is 0.875. The first-order chi connectivity index (χ1) is 10.2. The van der Waals surface area contributed by atoms with E-state index in [9.17, 15) is 9.59 Å². The molecule has 0 aromatic heterocycles. The molecule has 0 aromatic rings. The smallest absolute Gasteiger partial charge is 0.315 e. The summed E-state index contributed by atoms with van der Waals surface area (Å²) < 4.78 is 5.04. The number of rotatable bonds is 15. The number of hydrogen-bond donors (Lipinski definition) is 1. The summed E-state index contributed by atoms with van der Waals surface area (Å²) in [5, 5.41) is 8.43. The van der Waals surface area contributed by atoms with Gasteiger partial charge < -0.3 is 9.84 Å². The second kappa shape index (κ2) is 15.7. The van der Waals surface area contributed by atoms with Crippen molar-refractivity contribution in [1.82, 2.24) is 0 Å². The van der Waals surface area contributed by atoms with Gasteiger partial charge in [0.25, 0.3) is 0 Å². The predicted octanol–water partition coefficient (Wildman–Crippen LogP) is 4.27. The lowest BCUT2D eigenvalue weighted by Crippen LogP contribution is -2.10. The minimum absolute atomic E-state index is 0.0483. The van der Waals surface area contributed by atoms with E-state index in [0.717, 1.165) is 24.6 Å². The zero-order valence-corrected chi connectivity index (χ0v) is 14.1. The lowest BCUT2D eigenvalue weighted by Gasteiger charge is -2.04. The van der Waals surface area contributed by atoms with Gasteiger partial charge in [0, 0.05) is 0 Å². The molecule has 0 spiro atoms. The topological polar surface area (TPSA) is 63.6 Å². The van der Waals surface area contributed by atoms with Gasteiger partial charge in [-0.05, 0) is 6.42 Å². The van der Waals surface area contributed by atoms with Crippen molar-refractivity contribution in [3.63, 3.8) is 0 Å². The number of ether oxygens (including phenoxy) is 1. The average molecular weight is 318 g/mol. The van der Waals surface area contributed by atoms with Crippen LogP contribution in [-0.4, -0.2) is 35.2 Å². The van der Waals surface area contributed by atoms with Gasteiger partial charge in [-0.15, -0.1) is 11.8 Å². The Bertz CT molecular complexity index is 269. The van der Waals surface area contributed by atoms with E-state index in [1.54, 1.807) is 0 Å². The molecule has 0 heterocycles. The van der Waals surface area contributed by atoms with E-state index in [0.29, 0.717) is 6.61 Å². The van der Waals surface area contributed by atoms with Crippen molar-refractivity contribution in [3.05, 3.63) is 0 Å². The maximum atomic E-state index is 11.2. The van der Waals surface area contributed by atoms with E-state index in [2.05, 4.69) is 6.92 Å². The van der Waals surface area contributed by atoms with Crippen molar-refractivity contribution in [2.24, 2.45) is 0 Å².